The summed E-state index contributed by atoms with van der Waals surface area (Å²) < 4.78 is 32.6. The third-order valence-corrected chi connectivity index (χ3v) is 13.5. The number of hydrogen-bond donors (Lipinski definition) is 0. The Bertz CT molecular complexity index is 1960. The van der Waals surface area contributed by atoms with Crippen LogP contribution in [0.2, 0.25) is 0 Å². The van der Waals surface area contributed by atoms with Crippen LogP contribution in [0.15, 0.2) is 127 Å². The molecule has 0 N–H and O–H groups in total. The summed E-state index contributed by atoms with van der Waals surface area (Å²) in [5, 5.41) is 0. The van der Waals surface area contributed by atoms with E-state index in [1.165, 1.54) is 0 Å². The van der Waals surface area contributed by atoms with Gasteiger partial charge >= 0.3 is 5.97 Å². The number of fused-ring (bicyclic) bond motifs is 1. The van der Waals surface area contributed by atoms with Gasteiger partial charge in [0.15, 0.2) is 5.60 Å². The van der Waals surface area contributed by atoms with Crippen LogP contribution in [0.4, 0.5) is 0 Å². The lowest BCUT2D eigenvalue weighted by Crippen LogP contribution is -2.23. The van der Waals surface area contributed by atoms with Crippen LogP contribution >= 0.6 is 63.7 Å². The molecule has 0 fully saturated rings. The van der Waals surface area contributed by atoms with Crippen LogP contribution < -0.4 is 18.9 Å². The highest BCUT2D eigenvalue weighted by Gasteiger charge is 2.48. The number of hydrogen-bond acceptors (Lipinski definition) is 6. The Labute approximate surface area is 350 Å². The average Bonchev–Trinajstić information content (AvgIpc) is 3.47. The van der Waals surface area contributed by atoms with E-state index in [2.05, 4.69) is 63.7 Å². The van der Waals surface area contributed by atoms with Crippen molar-refractivity contribution < 1.29 is 28.5 Å². The van der Waals surface area contributed by atoms with Crippen molar-refractivity contribution in [1.82, 2.24) is 0 Å². The minimum Gasteiger partial charge on any atom is -0.494 e. The average molecular weight is 982 g/mol. The van der Waals surface area contributed by atoms with E-state index in [1.807, 2.05) is 137 Å². The monoisotopic (exact) mass is 978 g/mol. The Balaban J connectivity index is 1.70. The SMILES string of the molecule is CCOc1ccc(C(=CC2(C=C(c3ccc(OCC)cc3)c3ccc(OCC)cc3)OC(=O)c3c(Br)c(Br)c(Br)c(Br)c32)c2ccc(OCC)cc2)cc1. The molecule has 6 nitrogen and oxygen atoms in total. The maximum Gasteiger partial charge on any atom is 0.341 e. The molecule has 1 aliphatic rings. The van der Waals surface area contributed by atoms with Crippen molar-refractivity contribution in [1.29, 1.82) is 0 Å². The van der Waals surface area contributed by atoms with Crippen LogP contribution in [0.25, 0.3) is 11.1 Å². The van der Waals surface area contributed by atoms with Crippen LogP contribution in [-0.2, 0) is 10.3 Å². The molecule has 1 heterocycles. The number of benzene rings is 5. The lowest BCUT2D eigenvalue weighted by atomic mass is 9.83. The topological polar surface area (TPSA) is 63.2 Å². The first-order valence-corrected chi connectivity index (χ1v) is 20.8. The van der Waals surface area contributed by atoms with Crippen molar-refractivity contribution >= 4 is 80.8 Å². The quantitative estimate of drug-likeness (QED) is 0.0628. The summed E-state index contributed by atoms with van der Waals surface area (Å²) in [5.74, 6) is 2.55. The molecule has 1 aliphatic heterocycles. The van der Waals surface area contributed by atoms with Crippen molar-refractivity contribution in [2.75, 3.05) is 26.4 Å². The van der Waals surface area contributed by atoms with Crippen molar-refractivity contribution in [2.24, 2.45) is 0 Å². The molecule has 0 aliphatic carbocycles. The van der Waals surface area contributed by atoms with Gasteiger partial charge in [0.25, 0.3) is 0 Å². The van der Waals surface area contributed by atoms with E-state index >= 15 is 0 Å². The first kappa shape index (κ1) is 39.9. The van der Waals surface area contributed by atoms with E-state index in [1.54, 1.807) is 0 Å². The Morgan fingerprint density at radius 3 is 1.09 bits per heavy atom. The van der Waals surface area contributed by atoms with E-state index in [9.17, 15) is 4.79 Å². The summed E-state index contributed by atoms with van der Waals surface area (Å²) in [6.45, 7) is 10.0. The summed E-state index contributed by atoms with van der Waals surface area (Å²) in [6.07, 6.45) is 4.06. The molecule has 0 aromatic heterocycles. The second-order valence-electron chi connectivity index (χ2n) is 12.1. The standard InChI is InChI=1S/C44H38Br4O6/c1-5-50-31-17-9-27(10-18-31)35(28-11-19-32(20-12-28)51-6-2)25-44(38-37(43(49)54-44)39(45)41(47)42(48)40(38)46)26-36(29-13-21-33(22-14-29)52-7-3)30-15-23-34(24-16-30)53-8-4/h9-26H,5-8H2,1-4H3. The molecule has 5 aromatic carbocycles. The summed E-state index contributed by atoms with van der Waals surface area (Å²) in [7, 11) is 0. The summed E-state index contributed by atoms with van der Waals surface area (Å²) >= 11 is 15.0. The van der Waals surface area contributed by atoms with Gasteiger partial charge in [0.1, 0.15) is 23.0 Å². The van der Waals surface area contributed by atoms with Crippen molar-refractivity contribution in [2.45, 2.75) is 33.3 Å². The molecule has 0 atom stereocenters. The van der Waals surface area contributed by atoms with Gasteiger partial charge in [0.2, 0.25) is 0 Å². The summed E-state index contributed by atoms with van der Waals surface area (Å²) in [5.41, 5.74) is 4.86. The highest BCUT2D eigenvalue weighted by Crippen LogP contribution is 2.54. The van der Waals surface area contributed by atoms with E-state index in [4.69, 9.17) is 23.7 Å². The third-order valence-electron chi connectivity index (χ3n) is 8.75. The molecule has 0 amide bonds. The molecule has 0 radical (unpaired) electrons. The molecule has 6 rings (SSSR count). The van der Waals surface area contributed by atoms with Gasteiger partial charge in [-0.1, -0.05) is 48.5 Å². The fourth-order valence-electron chi connectivity index (χ4n) is 6.38. The summed E-state index contributed by atoms with van der Waals surface area (Å²) in [6, 6.07) is 31.7. The third kappa shape index (κ3) is 8.37. The fourth-order valence-corrected chi connectivity index (χ4v) is 8.97. The van der Waals surface area contributed by atoms with E-state index in [-0.39, 0.29) is 0 Å². The highest BCUT2D eigenvalue weighted by atomic mass is 79.9. The predicted molar refractivity (Wildman–Crippen MR) is 229 cm³/mol. The molecule has 5 aromatic rings. The Morgan fingerprint density at radius 2 is 0.796 bits per heavy atom. The molecule has 0 saturated heterocycles. The van der Waals surface area contributed by atoms with Crippen molar-refractivity contribution in [3.8, 4) is 23.0 Å². The molecular formula is C44H38Br4O6. The van der Waals surface area contributed by atoms with E-state index < -0.39 is 11.6 Å². The molecule has 0 saturated carbocycles. The van der Waals surface area contributed by atoms with Gasteiger partial charge in [-0.15, -0.1) is 0 Å². The van der Waals surface area contributed by atoms with Gasteiger partial charge in [0.05, 0.1) is 32.0 Å². The van der Waals surface area contributed by atoms with E-state index in [0.29, 0.717) is 51.0 Å². The zero-order valence-electron chi connectivity index (χ0n) is 30.2. The van der Waals surface area contributed by atoms with Gasteiger partial charge in [-0.3, -0.25) is 0 Å². The Kier molecular flexibility index (Phi) is 13.1. The fraction of sp³-hybridized carbons (Fsp3) is 0.205. The predicted octanol–water partition coefficient (Wildman–Crippen LogP) is 13.0. The second-order valence-corrected chi connectivity index (χ2v) is 15.3. The first-order chi connectivity index (χ1) is 26.1. The number of esters is 1. The van der Waals surface area contributed by atoms with Crippen LogP contribution in [0.3, 0.4) is 0 Å². The maximum atomic E-state index is 14.3. The van der Waals surface area contributed by atoms with Gasteiger partial charge < -0.3 is 23.7 Å². The number of carbonyl (C=O) groups is 1. The molecule has 0 spiro atoms. The lowest BCUT2D eigenvalue weighted by molar-refractivity contribution is 0.0298. The number of cyclic esters (lactones) is 1. The van der Waals surface area contributed by atoms with Gasteiger partial charge in [-0.2, -0.15) is 0 Å². The van der Waals surface area contributed by atoms with Crippen molar-refractivity contribution in [3.63, 3.8) is 0 Å². The molecule has 278 valence electrons. The molecule has 54 heavy (non-hydrogen) atoms. The zero-order valence-corrected chi connectivity index (χ0v) is 36.5. The van der Waals surface area contributed by atoms with Gasteiger partial charge in [-0.05, 0) is 185 Å². The highest BCUT2D eigenvalue weighted by molar-refractivity contribution is 9.15. The van der Waals surface area contributed by atoms with Crippen LogP contribution in [-0.4, -0.2) is 32.4 Å². The number of rotatable bonds is 14. The minimum absolute atomic E-state index is 0.403. The first-order valence-electron chi connectivity index (χ1n) is 17.6. The Hall–Kier alpha value is -3.83. The normalized spacial score (nSPS) is 12.7. The lowest BCUT2D eigenvalue weighted by Gasteiger charge is -2.27. The van der Waals surface area contributed by atoms with Gasteiger partial charge in [0, 0.05) is 23.5 Å². The smallest absolute Gasteiger partial charge is 0.341 e. The minimum atomic E-state index is -1.43. The molecule has 10 heteroatoms. The van der Waals surface area contributed by atoms with Gasteiger partial charge in [-0.25, -0.2) is 4.79 Å². The molecular weight excluding hydrogens is 944 g/mol. The van der Waals surface area contributed by atoms with Crippen LogP contribution in [0.5, 0.6) is 23.0 Å². The largest absolute Gasteiger partial charge is 0.494 e. The zero-order chi connectivity index (χ0) is 38.4. The number of halogens is 4. The summed E-state index contributed by atoms with van der Waals surface area (Å²) in [4.78, 5) is 14.3. The van der Waals surface area contributed by atoms with Crippen LogP contribution in [0, 0.1) is 0 Å². The van der Waals surface area contributed by atoms with E-state index in [0.717, 1.165) is 60.9 Å². The second kappa shape index (κ2) is 17.8. The number of carbonyl (C=O) groups excluding carboxylic acids is 1. The molecule has 0 bridgehead atoms. The van der Waals surface area contributed by atoms with Crippen LogP contribution in [0.1, 0.15) is 65.9 Å². The Morgan fingerprint density at radius 1 is 0.500 bits per heavy atom. The van der Waals surface area contributed by atoms with Crippen molar-refractivity contribution in [3.05, 3.63) is 160 Å². The maximum absolute atomic E-state index is 14.3. The molecule has 0 unspecified atom stereocenters. The number of ether oxygens (including phenoxy) is 5.